The van der Waals surface area contributed by atoms with E-state index >= 15 is 0 Å². The summed E-state index contributed by atoms with van der Waals surface area (Å²) in [5.74, 6) is -1.23. The molecule has 1 atom stereocenters. The molecule has 0 saturated carbocycles. The fourth-order valence-corrected chi connectivity index (χ4v) is 0.310. The van der Waals surface area contributed by atoms with Crippen LogP contribution >= 0.6 is 11.6 Å². The number of carbonyl (C=O) groups is 2. The van der Waals surface area contributed by atoms with Crippen molar-refractivity contribution in [3.05, 3.63) is 0 Å². The van der Waals surface area contributed by atoms with E-state index in [9.17, 15) is 9.59 Å². The van der Waals surface area contributed by atoms with E-state index in [1.54, 1.807) is 6.92 Å². The van der Waals surface area contributed by atoms with Gasteiger partial charge in [0.1, 0.15) is 5.38 Å². The first-order valence-electron chi connectivity index (χ1n) is 2.96. The van der Waals surface area contributed by atoms with Gasteiger partial charge >= 0.3 is 115 Å². The van der Waals surface area contributed by atoms with Gasteiger partial charge in [0.15, 0.2) is 0 Å². The molecule has 0 aliphatic rings. The third-order valence-corrected chi connectivity index (χ3v) is 1.01. The van der Waals surface area contributed by atoms with E-state index in [0.29, 0.717) is 0 Å². The molecule has 0 aromatic rings. The first kappa shape index (κ1) is 25.1. The molecule has 0 radical (unpaired) electrons. The molecule has 0 aliphatic carbocycles. The van der Waals surface area contributed by atoms with Gasteiger partial charge in [-0.15, -0.1) is 11.6 Å². The molecule has 0 bridgehead atoms. The maximum atomic E-state index is 10.5. The number of esters is 2. The van der Waals surface area contributed by atoms with Crippen LogP contribution < -0.4 is 120 Å². The van der Waals surface area contributed by atoms with Crippen LogP contribution in [-0.4, -0.2) is 17.3 Å². The van der Waals surface area contributed by atoms with E-state index in [2.05, 4.69) is 4.74 Å². The van der Waals surface area contributed by atoms with Crippen LogP contribution in [-0.2, 0) is 14.3 Å². The fraction of sp³-hybridized carbons (Fsp3) is 0.667. The van der Waals surface area contributed by atoms with Gasteiger partial charge < -0.3 is 23.1 Å². The summed E-state index contributed by atoms with van der Waals surface area (Å²) >= 11 is 5.30. The van der Waals surface area contributed by atoms with Crippen LogP contribution in [0.2, 0.25) is 0 Å². The van der Waals surface area contributed by atoms with Crippen molar-refractivity contribution in [3.8, 4) is 0 Å². The molecule has 0 spiro atoms. The van der Waals surface area contributed by atoms with E-state index in [4.69, 9.17) is 11.6 Å². The zero-order valence-corrected chi connectivity index (χ0v) is 16.9. The molecule has 0 aromatic heterocycles. The Balaban J connectivity index is -0.0000000675. The Kier molecular flexibility index (Phi) is 29.4. The first-order valence-corrected chi connectivity index (χ1v) is 3.40. The number of hydrogen-bond acceptors (Lipinski definition) is 3. The van der Waals surface area contributed by atoms with Crippen molar-refractivity contribution in [2.75, 3.05) is 0 Å². The van der Waals surface area contributed by atoms with Crippen LogP contribution in [0.3, 0.4) is 0 Å². The van der Waals surface area contributed by atoms with Crippen molar-refractivity contribution in [3.63, 3.8) is 0 Å². The quantitative estimate of drug-likeness (QED) is 0.219. The summed E-state index contributed by atoms with van der Waals surface area (Å²) in [6.45, 7) is 3.06. The second-order valence-corrected chi connectivity index (χ2v) is 2.42. The Morgan fingerprint density at radius 3 is 2.08 bits per heavy atom. The van der Waals surface area contributed by atoms with Crippen LogP contribution in [0.5, 0.6) is 0 Å². The Morgan fingerprint density at radius 1 is 1.46 bits per heavy atom. The van der Waals surface area contributed by atoms with Crippen molar-refractivity contribution >= 4 is 23.5 Å². The van der Waals surface area contributed by atoms with Crippen molar-refractivity contribution in [2.24, 2.45) is 0 Å². The summed E-state index contributed by atoms with van der Waals surface area (Å²) in [7, 11) is 0. The molecule has 0 heterocycles. The first-order chi connectivity index (χ1) is 4.57. The molecular weight excluding hydrogens is 314 g/mol. The molecule has 1 unspecified atom stereocenters. The predicted octanol–water partition coefficient (Wildman–Crippen LogP) is -7.78. The number of carbonyl (C=O) groups excluding carboxylic acids is 2. The average Bonchev–Trinajstić information content (AvgIpc) is 1.87. The monoisotopic (exact) mass is 322 g/mol. The number of alkyl halides is 1. The molecule has 3 nitrogen and oxygen atoms in total. The molecule has 13 heavy (non-hydrogen) atoms. The minimum atomic E-state index is -0.754. The van der Waals surface area contributed by atoms with Crippen molar-refractivity contribution in [1.29, 1.82) is 0 Å². The van der Waals surface area contributed by atoms with Gasteiger partial charge in [-0.3, -0.25) is 4.79 Å². The number of ether oxygens (including phenoxy) is 1. The molecule has 0 amide bonds. The summed E-state index contributed by atoms with van der Waals surface area (Å²) in [5, 5.41) is -0.754. The fourth-order valence-electron chi connectivity index (χ4n) is 0.266. The largest absolute Gasteiger partial charge is 1.00 e. The standard InChI is InChI=1S/C6H9ClO3.BrH.2K.H/c1-3-5(8)10-6(9)4(2)7;;;;/h4H,3H2,1-2H3;1H;;;/q;;2*+1;-1/p-1. The average molecular weight is 324 g/mol. The Hall–Kier alpha value is 3.18. The van der Waals surface area contributed by atoms with E-state index in [-0.39, 0.29) is 128 Å². The van der Waals surface area contributed by atoms with Crippen molar-refractivity contribution in [1.82, 2.24) is 0 Å². The van der Waals surface area contributed by atoms with Gasteiger partial charge in [0.05, 0.1) is 0 Å². The normalized spacial score (nSPS) is 9.46. The Labute approximate surface area is 180 Å². The number of hydrogen-bond donors (Lipinski definition) is 0. The van der Waals surface area contributed by atoms with Crippen molar-refractivity contribution in [2.45, 2.75) is 25.6 Å². The molecule has 0 rings (SSSR count). The third-order valence-electron chi connectivity index (χ3n) is 0.828. The maximum Gasteiger partial charge on any atom is 1.00 e. The Morgan fingerprint density at radius 2 is 1.85 bits per heavy atom. The van der Waals surface area contributed by atoms with E-state index in [1.165, 1.54) is 6.92 Å². The maximum absolute atomic E-state index is 10.5. The van der Waals surface area contributed by atoms with Gasteiger partial charge in [-0.05, 0) is 6.92 Å². The van der Waals surface area contributed by atoms with Crippen LogP contribution in [0, 0.1) is 0 Å². The summed E-state index contributed by atoms with van der Waals surface area (Å²) in [5.41, 5.74) is 0. The molecule has 0 aromatic carbocycles. The summed E-state index contributed by atoms with van der Waals surface area (Å²) in [6, 6.07) is 0. The predicted molar refractivity (Wildman–Crippen MR) is 37.8 cm³/mol. The van der Waals surface area contributed by atoms with E-state index in [1.807, 2.05) is 0 Å². The van der Waals surface area contributed by atoms with Crippen molar-refractivity contribution < 1.29 is 136 Å². The molecule has 0 fully saturated rings. The van der Waals surface area contributed by atoms with Gasteiger partial charge in [0, 0.05) is 6.42 Å². The van der Waals surface area contributed by atoms with Gasteiger partial charge in [-0.1, -0.05) is 6.92 Å². The third kappa shape index (κ3) is 15.2. The van der Waals surface area contributed by atoms with Crippen LogP contribution in [0.1, 0.15) is 21.7 Å². The smallest absolute Gasteiger partial charge is 1.00 e. The molecule has 0 saturated heterocycles. The van der Waals surface area contributed by atoms with E-state index in [0.717, 1.165) is 0 Å². The topological polar surface area (TPSA) is 43.4 Å². The van der Waals surface area contributed by atoms with Gasteiger partial charge in [0.2, 0.25) is 0 Å². The van der Waals surface area contributed by atoms with Gasteiger partial charge in [-0.25, -0.2) is 4.79 Å². The zero-order valence-electron chi connectivity index (χ0n) is 9.27. The van der Waals surface area contributed by atoms with Crippen LogP contribution in [0.4, 0.5) is 0 Å². The summed E-state index contributed by atoms with van der Waals surface area (Å²) in [6.07, 6.45) is 0.190. The minimum Gasteiger partial charge on any atom is -1.00 e. The second-order valence-electron chi connectivity index (χ2n) is 1.76. The molecule has 7 heteroatoms. The summed E-state index contributed by atoms with van der Waals surface area (Å²) in [4.78, 5) is 21.0. The van der Waals surface area contributed by atoms with E-state index < -0.39 is 17.3 Å². The Bertz CT molecular complexity index is 160. The molecular formula is C6H10BrClK2O3. The second kappa shape index (κ2) is 15.2. The van der Waals surface area contributed by atoms with Crippen LogP contribution in [0.25, 0.3) is 0 Å². The SMILES string of the molecule is CCC(=O)OC(=O)C(C)Cl.[Br-].[H-].[K+].[K+]. The minimum absolute atomic E-state index is 0. The summed E-state index contributed by atoms with van der Waals surface area (Å²) < 4.78 is 4.25. The van der Waals surface area contributed by atoms with Gasteiger partial charge in [-0.2, -0.15) is 0 Å². The number of halogens is 2. The number of rotatable bonds is 2. The molecule has 0 aliphatic heterocycles. The zero-order chi connectivity index (χ0) is 8.15. The molecule has 0 N–H and O–H groups in total. The van der Waals surface area contributed by atoms with Gasteiger partial charge in [0.25, 0.3) is 0 Å². The molecule has 68 valence electrons. The van der Waals surface area contributed by atoms with Crippen LogP contribution in [0.15, 0.2) is 0 Å².